The first kappa shape index (κ1) is 7.39. The van der Waals surface area contributed by atoms with Crippen molar-refractivity contribution in [3.05, 3.63) is 12.2 Å². The summed E-state index contributed by atoms with van der Waals surface area (Å²) in [5.74, 6) is 1.85. The summed E-state index contributed by atoms with van der Waals surface area (Å²) in [7, 11) is 0. The van der Waals surface area contributed by atoms with Gasteiger partial charge in [0.2, 0.25) is 0 Å². The van der Waals surface area contributed by atoms with E-state index >= 15 is 0 Å². The van der Waals surface area contributed by atoms with Crippen LogP contribution in [0.1, 0.15) is 44.9 Å². The van der Waals surface area contributed by atoms with E-state index in [9.17, 15) is 0 Å². The molecule has 0 atom stereocenters. The van der Waals surface area contributed by atoms with Crippen LogP contribution in [0.3, 0.4) is 0 Å². The molecule has 0 heterocycles. The first-order valence-corrected chi connectivity index (χ1v) is 5.06. The molecule has 2 fully saturated rings. The maximum absolute atomic E-state index is 4.26. The molecule has 2 rings (SSSR count). The van der Waals surface area contributed by atoms with E-state index in [0.717, 1.165) is 11.8 Å². The van der Waals surface area contributed by atoms with Gasteiger partial charge in [-0.2, -0.15) is 0 Å². The van der Waals surface area contributed by atoms with Crippen LogP contribution < -0.4 is 0 Å². The van der Waals surface area contributed by atoms with Crippen LogP contribution in [-0.4, -0.2) is 0 Å². The van der Waals surface area contributed by atoms with Crippen molar-refractivity contribution < 1.29 is 0 Å². The van der Waals surface area contributed by atoms with Crippen molar-refractivity contribution in [3.63, 3.8) is 0 Å². The maximum Gasteiger partial charge on any atom is -0.0203 e. The molecule has 0 N–H and O–H groups in total. The number of allylic oxidation sites excluding steroid dienone is 1. The minimum Gasteiger partial charge on any atom is -0.0993 e. The predicted molar refractivity (Wildman–Crippen MR) is 48.4 cm³/mol. The van der Waals surface area contributed by atoms with E-state index in [1.165, 1.54) is 44.9 Å². The second-order valence-corrected chi connectivity index (χ2v) is 4.18. The summed E-state index contributed by atoms with van der Waals surface area (Å²) in [5.41, 5.74) is 1.61. The lowest BCUT2D eigenvalue weighted by molar-refractivity contribution is 0.337. The summed E-state index contributed by atoms with van der Waals surface area (Å²) in [4.78, 5) is 0. The molecule has 0 aliphatic heterocycles. The van der Waals surface area contributed by atoms with Crippen LogP contribution >= 0.6 is 0 Å². The van der Waals surface area contributed by atoms with Crippen LogP contribution in [0.5, 0.6) is 0 Å². The Kier molecular flexibility index (Phi) is 2.02. The standard InChI is InChI=1S/C11H18/c1-9(11-7-4-8-11)10-5-2-3-6-10/h10-11H,1-8H2. The van der Waals surface area contributed by atoms with E-state index in [1.54, 1.807) is 5.57 Å². The molecule has 0 spiro atoms. The third-order valence-corrected chi connectivity index (χ3v) is 3.51. The number of hydrogen-bond donors (Lipinski definition) is 0. The van der Waals surface area contributed by atoms with Crippen molar-refractivity contribution in [2.75, 3.05) is 0 Å². The Bertz CT molecular complexity index is 147. The smallest absolute Gasteiger partial charge is 0.0203 e. The zero-order valence-electron chi connectivity index (χ0n) is 7.31. The number of rotatable bonds is 2. The highest BCUT2D eigenvalue weighted by Gasteiger charge is 2.27. The zero-order chi connectivity index (χ0) is 7.68. The van der Waals surface area contributed by atoms with Crippen LogP contribution in [0, 0.1) is 11.8 Å². The summed E-state index contributed by atoms with van der Waals surface area (Å²) >= 11 is 0. The molecular weight excluding hydrogens is 132 g/mol. The van der Waals surface area contributed by atoms with Crippen molar-refractivity contribution in [3.8, 4) is 0 Å². The third kappa shape index (κ3) is 1.36. The van der Waals surface area contributed by atoms with Crippen molar-refractivity contribution in [1.82, 2.24) is 0 Å². The van der Waals surface area contributed by atoms with Gasteiger partial charge in [0.05, 0.1) is 0 Å². The highest BCUT2D eigenvalue weighted by Crippen LogP contribution is 2.41. The van der Waals surface area contributed by atoms with Crippen molar-refractivity contribution in [2.45, 2.75) is 44.9 Å². The highest BCUT2D eigenvalue weighted by atomic mass is 14.3. The molecule has 0 unspecified atom stereocenters. The average molecular weight is 150 g/mol. The predicted octanol–water partition coefficient (Wildman–Crippen LogP) is 3.53. The summed E-state index contributed by atoms with van der Waals surface area (Å²) in [6.45, 7) is 4.26. The lowest BCUT2D eigenvalue weighted by atomic mass is 9.75. The van der Waals surface area contributed by atoms with Crippen LogP contribution in [0.25, 0.3) is 0 Å². The molecule has 0 radical (unpaired) electrons. The zero-order valence-corrected chi connectivity index (χ0v) is 7.31. The molecule has 0 nitrogen and oxygen atoms in total. The van der Waals surface area contributed by atoms with E-state index in [0.29, 0.717) is 0 Å². The monoisotopic (exact) mass is 150 g/mol. The fraction of sp³-hybridized carbons (Fsp3) is 0.818. The third-order valence-electron chi connectivity index (χ3n) is 3.51. The minimum atomic E-state index is 0.917. The second kappa shape index (κ2) is 3.00. The molecular formula is C11H18. The van der Waals surface area contributed by atoms with Crippen molar-refractivity contribution in [2.24, 2.45) is 11.8 Å². The minimum absolute atomic E-state index is 0.917. The molecule has 0 aromatic carbocycles. The Morgan fingerprint density at radius 1 is 0.818 bits per heavy atom. The molecule has 0 amide bonds. The van der Waals surface area contributed by atoms with Gasteiger partial charge < -0.3 is 0 Å². The normalized spacial score (nSPS) is 26.9. The fourth-order valence-electron chi connectivity index (χ4n) is 2.41. The topological polar surface area (TPSA) is 0 Å². The molecule has 0 aromatic heterocycles. The lowest BCUT2D eigenvalue weighted by Crippen LogP contribution is -2.17. The Morgan fingerprint density at radius 3 is 1.64 bits per heavy atom. The van der Waals surface area contributed by atoms with Gasteiger partial charge in [0, 0.05) is 0 Å². The summed E-state index contributed by atoms with van der Waals surface area (Å²) in [6.07, 6.45) is 10.1. The Morgan fingerprint density at radius 2 is 1.27 bits per heavy atom. The molecule has 2 aliphatic rings. The van der Waals surface area contributed by atoms with Crippen LogP contribution in [0.2, 0.25) is 0 Å². The van der Waals surface area contributed by atoms with Gasteiger partial charge >= 0.3 is 0 Å². The van der Waals surface area contributed by atoms with Gasteiger partial charge in [0.1, 0.15) is 0 Å². The van der Waals surface area contributed by atoms with Gasteiger partial charge in [-0.25, -0.2) is 0 Å². The fourth-order valence-corrected chi connectivity index (χ4v) is 2.41. The second-order valence-electron chi connectivity index (χ2n) is 4.18. The summed E-state index contributed by atoms with van der Waals surface area (Å²) in [5, 5.41) is 0. The SMILES string of the molecule is C=C(C1CCCC1)C1CCC1. The van der Waals surface area contributed by atoms with E-state index < -0.39 is 0 Å². The molecule has 11 heavy (non-hydrogen) atoms. The lowest BCUT2D eigenvalue weighted by Gasteiger charge is -2.30. The molecule has 2 aliphatic carbocycles. The van der Waals surface area contributed by atoms with Gasteiger partial charge in [-0.05, 0) is 37.5 Å². The molecule has 2 saturated carbocycles. The molecule has 0 heteroatoms. The van der Waals surface area contributed by atoms with Crippen molar-refractivity contribution >= 4 is 0 Å². The Balaban J connectivity index is 1.87. The van der Waals surface area contributed by atoms with Gasteiger partial charge in [0.15, 0.2) is 0 Å². The van der Waals surface area contributed by atoms with E-state index in [4.69, 9.17) is 0 Å². The van der Waals surface area contributed by atoms with Crippen LogP contribution in [0.15, 0.2) is 12.2 Å². The van der Waals surface area contributed by atoms with Gasteiger partial charge in [-0.1, -0.05) is 31.4 Å². The number of hydrogen-bond acceptors (Lipinski definition) is 0. The van der Waals surface area contributed by atoms with Gasteiger partial charge in [-0.3, -0.25) is 0 Å². The molecule has 0 aromatic rings. The molecule has 0 saturated heterocycles. The quantitative estimate of drug-likeness (QED) is 0.528. The average Bonchev–Trinajstić information content (AvgIpc) is 2.32. The van der Waals surface area contributed by atoms with Gasteiger partial charge in [0.25, 0.3) is 0 Å². The van der Waals surface area contributed by atoms with E-state index in [1.807, 2.05) is 0 Å². The van der Waals surface area contributed by atoms with Crippen LogP contribution in [-0.2, 0) is 0 Å². The Hall–Kier alpha value is -0.260. The molecule has 62 valence electrons. The maximum atomic E-state index is 4.26. The Labute approximate surface area is 69.7 Å². The first-order valence-electron chi connectivity index (χ1n) is 5.06. The van der Waals surface area contributed by atoms with Gasteiger partial charge in [-0.15, -0.1) is 0 Å². The van der Waals surface area contributed by atoms with E-state index in [-0.39, 0.29) is 0 Å². The van der Waals surface area contributed by atoms with Crippen LogP contribution in [0.4, 0.5) is 0 Å². The van der Waals surface area contributed by atoms with Crippen molar-refractivity contribution in [1.29, 1.82) is 0 Å². The van der Waals surface area contributed by atoms with E-state index in [2.05, 4.69) is 6.58 Å². The largest absolute Gasteiger partial charge is 0.0993 e. The molecule has 0 bridgehead atoms. The highest BCUT2D eigenvalue weighted by molar-refractivity contribution is 5.09. The summed E-state index contributed by atoms with van der Waals surface area (Å²) < 4.78 is 0. The first-order chi connectivity index (χ1) is 5.38. The summed E-state index contributed by atoms with van der Waals surface area (Å²) in [6, 6.07) is 0.